The topological polar surface area (TPSA) is 176 Å². The summed E-state index contributed by atoms with van der Waals surface area (Å²) in [5.41, 5.74) is 16.2. The normalized spacial score (nSPS) is 31.6. The number of halogens is 2. The van der Waals surface area contributed by atoms with E-state index in [0.717, 1.165) is 0 Å². The molecule has 1 aliphatic heterocycles. The summed E-state index contributed by atoms with van der Waals surface area (Å²) in [5, 5.41) is 26.7. The van der Waals surface area contributed by atoms with Gasteiger partial charge in [-0.25, -0.2) is 0 Å². The van der Waals surface area contributed by atoms with Crippen molar-refractivity contribution in [3.63, 3.8) is 0 Å². The number of alkyl halides is 2. The molecule has 3 N–H and O–H groups in total. The van der Waals surface area contributed by atoms with Crippen LogP contribution in [0, 0.1) is 0 Å². The Kier molecular flexibility index (Phi) is 5.85. The highest BCUT2D eigenvalue weighted by Crippen LogP contribution is 2.23. The molecule has 0 aliphatic carbocycles. The highest BCUT2D eigenvalue weighted by Gasteiger charge is 2.46. The zero-order valence-electron chi connectivity index (χ0n) is 11.2. The molecule has 0 aromatic rings. The second-order valence-electron chi connectivity index (χ2n) is 4.50. The van der Waals surface area contributed by atoms with E-state index < -0.39 is 42.4 Å². The summed E-state index contributed by atoms with van der Waals surface area (Å²) in [6.07, 6.45) is -5.23. The Morgan fingerprint density at radius 1 is 1.36 bits per heavy atom. The van der Waals surface area contributed by atoms with Gasteiger partial charge in [0.1, 0.15) is 12.2 Å². The molecule has 0 aromatic carbocycles. The van der Waals surface area contributed by atoms with E-state index in [0.29, 0.717) is 0 Å². The Morgan fingerprint density at radius 2 is 2.00 bits per heavy atom. The van der Waals surface area contributed by atoms with Gasteiger partial charge in [0.15, 0.2) is 0 Å². The fourth-order valence-electron chi connectivity index (χ4n) is 1.96. The fraction of sp³-hybridized carbons (Fsp3) is 0.889. The SMILES string of the molecule is C[C@H]1OC(CN=[N+]=[N-])[C@H](O)[C@H](O)C1NC(=O)C(F)(F)N=[N+]=[N-]. The molecule has 22 heavy (non-hydrogen) atoms. The molecule has 0 aromatic heterocycles. The Hall–Kier alpha value is -2.17. The summed E-state index contributed by atoms with van der Waals surface area (Å²) in [6.45, 7) is 1.07. The monoisotopic (exact) mass is 321 g/mol. The van der Waals surface area contributed by atoms with Gasteiger partial charge in [0.05, 0.1) is 24.8 Å². The first kappa shape index (κ1) is 17.9. The molecule has 1 saturated heterocycles. The van der Waals surface area contributed by atoms with E-state index in [4.69, 9.17) is 15.8 Å². The number of carbonyl (C=O) groups excluding carboxylic acids is 1. The van der Waals surface area contributed by atoms with Crippen molar-refractivity contribution in [1.82, 2.24) is 5.32 Å². The van der Waals surface area contributed by atoms with Gasteiger partial charge in [0.2, 0.25) is 0 Å². The number of aliphatic hydroxyl groups is 2. The van der Waals surface area contributed by atoms with Crippen LogP contribution in [0.2, 0.25) is 0 Å². The molecular formula is C9H13F2N7O4. The molecule has 2 unspecified atom stereocenters. The first-order valence-corrected chi connectivity index (χ1v) is 6.02. The Balaban J connectivity index is 2.82. The fourth-order valence-corrected chi connectivity index (χ4v) is 1.96. The zero-order valence-corrected chi connectivity index (χ0v) is 11.2. The molecule has 1 rings (SSSR count). The van der Waals surface area contributed by atoms with E-state index in [2.05, 4.69) is 10.0 Å². The highest BCUT2D eigenvalue weighted by molar-refractivity contribution is 5.83. The summed E-state index contributed by atoms with van der Waals surface area (Å²) in [6, 6.07) is -5.72. The third-order valence-electron chi connectivity index (χ3n) is 3.06. The van der Waals surface area contributed by atoms with Crippen LogP contribution in [0.5, 0.6) is 0 Å². The smallest absolute Gasteiger partial charge is 0.388 e. The van der Waals surface area contributed by atoms with Crippen LogP contribution in [-0.4, -0.2) is 59.2 Å². The van der Waals surface area contributed by atoms with E-state index in [1.165, 1.54) is 6.92 Å². The highest BCUT2D eigenvalue weighted by atomic mass is 19.3. The van der Waals surface area contributed by atoms with Crippen LogP contribution in [0.15, 0.2) is 10.2 Å². The second kappa shape index (κ2) is 7.20. The summed E-state index contributed by atoms with van der Waals surface area (Å²) in [7, 11) is 0. The van der Waals surface area contributed by atoms with E-state index in [9.17, 15) is 23.8 Å². The van der Waals surface area contributed by atoms with Crippen molar-refractivity contribution in [2.75, 3.05) is 6.54 Å². The number of azide groups is 2. The predicted octanol–water partition coefficient (Wildman–Crippen LogP) is 0.194. The lowest BCUT2D eigenvalue weighted by atomic mass is 9.93. The molecule has 1 amide bonds. The Morgan fingerprint density at radius 3 is 2.55 bits per heavy atom. The predicted molar refractivity (Wildman–Crippen MR) is 66.4 cm³/mol. The van der Waals surface area contributed by atoms with Gasteiger partial charge in [-0.15, -0.1) is 0 Å². The van der Waals surface area contributed by atoms with E-state index >= 15 is 0 Å². The first-order valence-electron chi connectivity index (χ1n) is 6.02. The molecular weight excluding hydrogens is 308 g/mol. The van der Waals surface area contributed by atoms with Gasteiger partial charge in [-0.1, -0.05) is 5.11 Å². The van der Waals surface area contributed by atoms with Crippen LogP contribution >= 0.6 is 0 Å². The van der Waals surface area contributed by atoms with Gasteiger partial charge in [0, 0.05) is 9.82 Å². The number of rotatable bonds is 5. The number of hydrogen-bond acceptors (Lipinski definition) is 6. The van der Waals surface area contributed by atoms with E-state index in [-0.39, 0.29) is 6.54 Å². The average molecular weight is 321 g/mol. The van der Waals surface area contributed by atoms with Gasteiger partial charge < -0.3 is 20.3 Å². The van der Waals surface area contributed by atoms with Crippen molar-refractivity contribution in [3.8, 4) is 0 Å². The lowest BCUT2D eigenvalue weighted by Crippen LogP contribution is -2.64. The standard InChI is InChI=1S/C9H13F2N7O4/c1-3-5(15-8(21)9(10,11)16-18-13)7(20)6(19)4(22-3)2-14-17-12/h3-7,19-20H,2H2,1H3,(H,15,21)/t3-,4?,5?,6+,7-/m1/s1. The molecule has 0 bridgehead atoms. The van der Waals surface area contributed by atoms with Crippen LogP contribution < -0.4 is 5.32 Å². The van der Waals surface area contributed by atoms with Crippen LogP contribution in [-0.2, 0) is 9.53 Å². The molecule has 13 heteroatoms. The van der Waals surface area contributed by atoms with Crippen molar-refractivity contribution in [1.29, 1.82) is 0 Å². The van der Waals surface area contributed by atoms with Crippen molar-refractivity contribution >= 4 is 5.91 Å². The number of carbonyl (C=O) groups is 1. The van der Waals surface area contributed by atoms with Crippen molar-refractivity contribution < 1.29 is 28.5 Å². The average Bonchev–Trinajstić information content (AvgIpc) is 2.45. The maximum Gasteiger partial charge on any atom is 0.401 e. The number of nitrogens with one attached hydrogen (secondary N) is 1. The molecule has 1 fully saturated rings. The largest absolute Gasteiger partial charge is 0.401 e. The van der Waals surface area contributed by atoms with Crippen molar-refractivity contribution in [2.24, 2.45) is 10.2 Å². The maximum atomic E-state index is 13.1. The van der Waals surface area contributed by atoms with Crippen molar-refractivity contribution in [2.45, 2.75) is 43.4 Å². The van der Waals surface area contributed by atoms with Crippen LogP contribution in [0.3, 0.4) is 0 Å². The Labute approximate surface area is 122 Å². The number of nitrogens with zero attached hydrogens (tertiary/aromatic N) is 6. The molecule has 0 saturated carbocycles. The molecule has 5 atom stereocenters. The van der Waals surface area contributed by atoms with Gasteiger partial charge in [-0.2, -0.15) is 8.78 Å². The van der Waals surface area contributed by atoms with Crippen LogP contribution in [0.4, 0.5) is 8.78 Å². The number of hydrogen-bond donors (Lipinski definition) is 3. The minimum atomic E-state index is -4.35. The molecule has 122 valence electrons. The maximum absolute atomic E-state index is 13.1. The van der Waals surface area contributed by atoms with Gasteiger partial charge >= 0.3 is 6.05 Å². The molecule has 0 radical (unpaired) electrons. The minimum absolute atomic E-state index is 0.283. The minimum Gasteiger partial charge on any atom is -0.388 e. The zero-order chi connectivity index (χ0) is 16.9. The van der Waals surface area contributed by atoms with Gasteiger partial charge in [-0.3, -0.25) is 4.79 Å². The summed E-state index contributed by atoms with van der Waals surface area (Å²) in [5.74, 6) is -1.94. The lowest BCUT2D eigenvalue weighted by molar-refractivity contribution is -0.182. The van der Waals surface area contributed by atoms with Gasteiger partial charge in [-0.05, 0) is 23.1 Å². The summed E-state index contributed by atoms with van der Waals surface area (Å²) < 4.78 is 31.4. The summed E-state index contributed by atoms with van der Waals surface area (Å²) in [4.78, 5) is 15.6. The quantitative estimate of drug-likeness (QED) is 0.283. The van der Waals surface area contributed by atoms with E-state index in [1.54, 1.807) is 5.32 Å². The molecule has 11 nitrogen and oxygen atoms in total. The van der Waals surface area contributed by atoms with Crippen molar-refractivity contribution in [3.05, 3.63) is 20.9 Å². The van der Waals surface area contributed by atoms with Crippen LogP contribution in [0.25, 0.3) is 20.9 Å². The third-order valence-corrected chi connectivity index (χ3v) is 3.06. The van der Waals surface area contributed by atoms with Crippen LogP contribution in [0.1, 0.15) is 6.92 Å². The number of aliphatic hydroxyl groups excluding tert-OH is 2. The van der Waals surface area contributed by atoms with E-state index in [1.807, 2.05) is 10.0 Å². The number of amides is 1. The van der Waals surface area contributed by atoms with Gasteiger partial charge in [0.25, 0.3) is 5.91 Å². The first-order chi connectivity index (χ1) is 10.2. The number of ether oxygens (including phenoxy) is 1. The Bertz CT molecular complexity index is 520. The summed E-state index contributed by atoms with van der Waals surface area (Å²) >= 11 is 0. The molecule has 0 spiro atoms. The molecule has 1 aliphatic rings. The second-order valence-corrected chi connectivity index (χ2v) is 4.50. The molecule has 1 heterocycles. The third kappa shape index (κ3) is 3.93. The lowest BCUT2D eigenvalue weighted by Gasteiger charge is -2.41.